The molecule has 0 amide bonds. The molecule has 1 atom stereocenters. The van der Waals surface area contributed by atoms with E-state index in [0.29, 0.717) is 41.5 Å². The summed E-state index contributed by atoms with van der Waals surface area (Å²) < 4.78 is 41.3. The lowest BCUT2D eigenvalue weighted by atomic mass is 10.1. The molecule has 0 saturated carbocycles. The third-order valence-corrected chi connectivity index (χ3v) is 8.36. The highest BCUT2D eigenvalue weighted by Gasteiger charge is 2.26. The number of hydrogen-bond acceptors (Lipinski definition) is 6. The molecule has 4 aromatic rings. The molecule has 0 radical (unpaired) electrons. The third-order valence-electron chi connectivity index (χ3n) is 6.17. The number of nitrogens with zero attached hydrogens (tertiary/aromatic N) is 3. The monoisotopic (exact) mass is 526 g/mol. The second kappa shape index (κ2) is 10.0. The average Bonchev–Trinajstić information content (AvgIpc) is 3.04. The molecule has 36 heavy (non-hydrogen) atoms. The number of aliphatic hydroxyl groups excluding tert-OH is 1. The van der Waals surface area contributed by atoms with Crippen LogP contribution in [0.2, 0.25) is 5.02 Å². The van der Waals surface area contributed by atoms with Gasteiger partial charge in [0, 0.05) is 34.9 Å². The second-order valence-electron chi connectivity index (χ2n) is 8.65. The van der Waals surface area contributed by atoms with Gasteiger partial charge in [-0.2, -0.15) is 0 Å². The second-order valence-corrected chi connectivity index (χ2v) is 11.1. The summed E-state index contributed by atoms with van der Waals surface area (Å²) in [5, 5.41) is 14.9. The van der Waals surface area contributed by atoms with Crippen LogP contribution in [0.25, 0.3) is 22.3 Å². The molecule has 10 heteroatoms. The fourth-order valence-electron chi connectivity index (χ4n) is 4.27. The van der Waals surface area contributed by atoms with E-state index >= 15 is 4.39 Å². The van der Waals surface area contributed by atoms with E-state index in [4.69, 9.17) is 11.6 Å². The Morgan fingerprint density at radius 1 is 1.06 bits per heavy atom. The highest BCUT2D eigenvalue weighted by atomic mass is 35.5. The summed E-state index contributed by atoms with van der Waals surface area (Å²) in [7, 11) is -3.50. The van der Waals surface area contributed by atoms with Crippen LogP contribution in [0.1, 0.15) is 31.1 Å². The molecule has 1 unspecified atom stereocenters. The summed E-state index contributed by atoms with van der Waals surface area (Å²) in [5.74, 6) is -0.245. The van der Waals surface area contributed by atoms with Gasteiger partial charge in [-0.1, -0.05) is 36.2 Å². The van der Waals surface area contributed by atoms with Crippen LogP contribution in [0.4, 0.5) is 15.8 Å². The topological polar surface area (TPSA) is 95.4 Å². The quantitative estimate of drug-likeness (QED) is 0.333. The predicted molar refractivity (Wildman–Crippen MR) is 140 cm³/mol. The van der Waals surface area contributed by atoms with Crippen LogP contribution < -0.4 is 9.62 Å². The number of nitrogens with one attached hydrogen (secondary N) is 1. The van der Waals surface area contributed by atoms with Crippen molar-refractivity contribution in [2.75, 3.05) is 21.9 Å². The van der Waals surface area contributed by atoms with E-state index in [-0.39, 0.29) is 17.0 Å². The van der Waals surface area contributed by atoms with E-state index in [0.717, 1.165) is 23.4 Å². The van der Waals surface area contributed by atoms with Crippen LogP contribution in [-0.4, -0.2) is 35.8 Å². The van der Waals surface area contributed by atoms with Gasteiger partial charge in [0.15, 0.2) is 12.1 Å². The molecule has 1 fully saturated rings. The minimum Gasteiger partial charge on any atom is -0.369 e. The number of aromatic nitrogens is 2. The van der Waals surface area contributed by atoms with E-state index in [1.54, 1.807) is 24.4 Å². The van der Waals surface area contributed by atoms with Crippen LogP contribution >= 0.6 is 11.6 Å². The summed E-state index contributed by atoms with van der Waals surface area (Å²) in [4.78, 5) is 8.98. The molecule has 186 valence electrons. The lowest BCUT2D eigenvalue weighted by Gasteiger charge is -2.23. The fraction of sp³-hybridized carbons (Fsp3) is 0.231. The Morgan fingerprint density at radius 2 is 1.89 bits per heavy atom. The van der Waals surface area contributed by atoms with Gasteiger partial charge in [0.05, 0.1) is 22.0 Å². The summed E-state index contributed by atoms with van der Waals surface area (Å²) in [6.45, 7) is 0.312. The normalized spacial score (nSPS) is 16.5. The summed E-state index contributed by atoms with van der Waals surface area (Å²) >= 11 is 6.40. The molecule has 5 rings (SSSR count). The van der Waals surface area contributed by atoms with Gasteiger partial charge in [-0.3, -0.25) is 4.31 Å². The Balaban J connectivity index is 1.39. The minimum absolute atomic E-state index is 0.00979. The van der Waals surface area contributed by atoms with E-state index < -0.39 is 22.1 Å². The lowest BCUT2D eigenvalue weighted by molar-refractivity contribution is 0.203. The smallest absolute Gasteiger partial charge is 0.235 e. The summed E-state index contributed by atoms with van der Waals surface area (Å²) in [6, 6.07) is 16.6. The Bertz CT molecular complexity index is 1530. The summed E-state index contributed by atoms with van der Waals surface area (Å²) in [5.41, 5.74) is 2.06. The Labute approximate surface area is 213 Å². The SMILES string of the molecule is O=S1(=O)CCCCCN1c1ccc(C(O)Nc2ccc(Cl)c(-c3ncc4ccccc4n3)c2)c(F)c1. The number of rotatable bonds is 5. The van der Waals surface area contributed by atoms with Crippen molar-refractivity contribution in [3.05, 3.63) is 83.3 Å². The molecule has 2 heterocycles. The lowest BCUT2D eigenvalue weighted by Crippen LogP contribution is -2.32. The maximum absolute atomic E-state index is 15.0. The number of halogens is 2. The average molecular weight is 527 g/mol. The van der Waals surface area contributed by atoms with Crippen LogP contribution in [0.3, 0.4) is 0 Å². The van der Waals surface area contributed by atoms with Crippen LogP contribution in [0, 0.1) is 5.82 Å². The largest absolute Gasteiger partial charge is 0.369 e. The molecule has 1 aromatic heterocycles. The van der Waals surface area contributed by atoms with Crippen LogP contribution in [-0.2, 0) is 10.0 Å². The zero-order chi connectivity index (χ0) is 25.3. The van der Waals surface area contributed by atoms with Gasteiger partial charge in [0.25, 0.3) is 0 Å². The molecule has 7 nitrogen and oxygen atoms in total. The van der Waals surface area contributed by atoms with Crippen molar-refractivity contribution in [3.8, 4) is 11.4 Å². The molecule has 1 aliphatic heterocycles. The Morgan fingerprint density at radius 3 is 2.72 bits per heavy atom. The van der Waals surface area contributed by atoms with Crippen molar-refractivity contribution >= 4 is 43.9 Å². The number of benzene rings is 3. The van der Waals surface area contributed by atoms with Crippen LogP contribution in [0.15, 0.2) is 66.9 Å². The number of hydrogen-bond donors (Lipinski definition) is 2. The first-order valence-corrected chi connectivity index (χ1v) is 13.6. The molecular weight excluding hydrogens is 503 g/mol. The molecule has 2 N–H and O–H groups in total. The maximum atomic E-state index is 15.0. The van der Waals surface area contributed by atoms with Crippen LogP contribution in [0.5, 0.6) is 0 Å². The van der Waals surface area contributed by atoms with E-state index in [1.165, 1.54) is 16.4 Å². The molecule has 1 saturated heterocycles. The summed E-state index contributed by atoms with van der Waals surface area (Å²) in [6.07, 6.45) is 2.45. The van der Waals surface area contributed by atoms with Gasteiger partial charge >= 0.3 is 0 Å². The first-order valence-electron chi connectivity index (χ1n) is 11.6. The van der Waals surface area contributed by atoms with Gasteiger partial charge in [-0.25, -0.2) is 22.8 Å². The molecular formula is C26H24ClFN4O3S. The molecule has 1 aliphatic rings. The first kappa shape index (κ1) is 24.4. The van der Waals surface area contributed by atoms with Crippen molar-refractivity contribution in [2.24, 2.45) is 0 Å². The van der Waals surface area contributed by atoms with Crippen molar-refractivity contribution in [1.82, 2.24) is 9.97 Å². The third kappa shape index (κ3) is 5.00. The maximum Gasteiger partial charge on any atom is 0.235 e. The van der Waals surface area contributed by atoms with Gasteiger partial charge in [-0.05, 0) is 55.3 Å². The molecule has 0 spiro atoms. The van der Waals surface area contributed by atoms with Gasteiger partial charge in [-0.15, -0.1) is 0 Å². The van der Waals surface area contributed by atoms with E-state index in [9.17, 15) is 13.5 Å². The van der Waals surface area contributed by atoms with Gasteiger partial charge in [0.2, 0.25) is 10.0 Å². The van der Waals surface area contributed by atoms with E-state index in [2.05, 4.69) is 15.3 Å². The van der Waals surface area contributed by atoms with Gasteiger partial charge in [0.1, 0.15) is 5.82 Å². The highest BCUT2D eigenvalue weighted by molar-refractivity contribution is 7.92. The van der Waals surface area contributed by atoms with Gasteiger partial charge < -0.3 is 10.4 Å². The number of anilines is 2. The standard InChI is InChI=1S/C26H24ClFN4O3S/c27-22-11-8-18(14-21(22)25-29-16-17-6-2-3-7-24(17)31-25)30-26(33)20-10-9-19(15-23(20)28)32-12-4-1-5-13-36(32,34)35/h2-3,6-11,14-16,26,30,33H,1,4-5,12-13H2. The minimum atomic E-state index is -3.50. The number of para-hydroxylation sites is 1. The Hall–Kier alpha value is -3.27. The van der Waals surface area contributed by atoms with Crippen molar-refractivity contribution < 1.29 is 17.9 Å². The number of fused-ring (bicyclic) bond motifs is 1. The molecule has 0 bridgehead atoms. The van der Waals surface area contributed by atoms with E-state index in [1.807, 2.05) is 24.3 Å². The first-order chi connectivity index (χ1) is 17.3. The Kier molecular flexibility index (Phi) is 6.79. The highest BCUT2D eigenvalue weighted by Crippen LogP contribution is 2.32. The predicted octanol–water partition coefficient (Wildman–Crippen LogP) is 5.51. The van der Waals surface area contributed by atoms with Crippen molar-refractivity contribution in [2.45, 2.75) is 25.5 Å². The van der Waals surface area contributed by atoms with Crippen molar-refractivity contribution in [1.29, 1.82) is 0 Å². The fourth-order valence-corrected chi connectivity index (χ4v) is 6.11. The zero-order valence-corrected chi connectivity index (χ0v) is 20.8. The molecule has 3 aromatic carbocycles. The number of sulfonamides is 1. The van der Waals surface area contributed by atoms with Crippen molar-refractivity contribution in [3.63, 3.8) is 0 Å². The zero-order valence-electron chi connectivity index (χ0n) is 19.2. The molecule has 0 aliphatic carbocycles. The number of aliphatic hydroxyl groups is 1.